The topological polar surface area (TPSA) is 62.5 Å². The van der Waals surface area contributed by atoms with Crippen molar-refractivity contribution in [2.45, 2.75) is 32.7 Å². The Labute approximate surface area is 113 Å². The van der Waals surface area contributed by atoms with Crippen molar-refractivity contribution in [2.75, 3.05) is 31.8 Å². The van der Waals surface area contributed by atoms with Gasteiger partial charge in [0, 0.05) is 27.2 Å². The number of nitrogens with zero attached hydrogens (tertiary/aromatic N) is 3. The molecule has 1 unspecified atom stereocenters. The van der Waals surface area contributed by atoms with Crippen molar-refractivity contribution in [2.24, 2.45) is 0 Å². The molecular formula is C12H22N4OS. The van der Waals surface area contributed by atoms with E-state index in [-0.39, 0.29) is 11.9 Å². The number of nitrogen functional groups attached to an aromatic ring is 1. The molecule has 1 atom stereocenters. The highest BCUT2D eigenvalue weighted by molar-refractivity contribution is 7.18. The number of thiazole rings is 1. The maximum absolute atomic E-state index is 12.3. The van der Waals surface area contributed by atoms with E-state index in [4.69, 9.17) is 5.73 Å². The van der Waals surface area contributed by atoms with E-state index < -0.39 is 0 Å². The minimum atomic E-state index is -0.0425. The first kappa shape index (κ1) is 14.8. The van der Waals surface area contributed by atoms with Gasteiger partial charge in [-0.15, -0.1) is 0 Å². The monoisotopic (exact) mass is 270 g/mol. The average Bonchev–Trinajstić information content (AvgIpc) is 2.70. The highest BCUT2D eigenvalue weighted by Gasteiger charge is 2.23. The fourth-order valence-electron chi connectivity index (χ4n) is 1.64. The van der Waals surface area contributed by atoms with Crippen molar-refractivity contribution in [1.82, 2.24) is 9.88 Å². The lowest BCUT2D eigenvalue weighted by atomic mass is 10.1. The van der Waals surface area contributed by atoms with Gasteiger partial charge in [0.15, 0.2) is 5.13 Å². The molecular weight excluding hydrogens is 248 g/mol. The summed E-state index contributed by atoms with van der Waals surface area (Å²) in [6, 6.07) is 0.215. The van der Waals surface area contributed by atoms with Gasteiger partial charge in [0.1, 0.15) is 10.7 Å². The van der Waals surface area contributed by atoms with E-state index in [2.05, 4.69) is 11.9 Å². The fraction of sp³-hybridized carbons (Fsp3) is 0.667. The van der Waals surface area contributed by atoms with E-state index in [1.165, 1.54) is 11.3 Å². The lowest BCUT2D eigenvalue weighted by Crippen LogP contribution is -2.34. The molecule has 102 valence electrons. The quantitative estimate of drug-likeness (QED) is 0.889. The number of nitrogens with two attached hydrogens (primary N) is 1. The van der Waals surface area contributed by atoms with Gasteiger partial charge in [0.05, 0.1) is 0 Å². The van der Waals surface area contributed by atoms with Crippen LogP contribution >= 0.6 is 11.3 Å². The number of anilines is 2. The van der Waals surface area contributed by atoms with Crippen molar-refractivity contribution in [3.8, 4) is 0 Å². The molecule has 0 aromatic carbocycles. The Morgan fingerprint density at radius 2 is 2.06 bits per heavy atom. The van der Waals surface area contributed by atoms with E-state index >= 15 is 0 Å². The zero-order valence-corrected chi connectivity index (χ0v) is 12.5. The standard InChI is InChI=1S/C12H22N4OS/c1-6-7-8(2)16(5)11(17)9-10(13)14-12(18-9)15(3)4/h8H,6-7,13H2,1-5H3. The van der Waals surface area contributed by atoms with Gasteiger partial charge in [-0.2, -0.15) is 0 Å². The first-order valence-electron chi connectivity index (χ1n) is 6.09. The van der Waals surface area contributed by atoms with Gasteiger partial charge in [0.25, 0.3) is 5.91 Å². The highest BCUT2D eigenvalue weighted by atomic mass is 32.1. The second kappa shape index (κ2) is 6.04. The van der Waals surface area contributed by atoms with E-state index in [9.17, 15) is 4.79 Å². The van der Waals surface area contributed by atoms with Crippen LogP contribution in [-0.2, 0) is 0 Å². The van der Waals surface area contributed by atoms with Crippen molar-refractivity contribution < 1.29 is 4.79 Å². The molecule has 6 heteroatoms. The van der Waals surface area contributed by atoms with Gasteiger partial charge in [-0.25, -0.2) is 4.98 Å². The Balaban J connectivity index is 2.89. The molecule has 1 amide bonds. The van der Waals surface area contributed by atoms with Gasteiger partial charge in [-0.3, -0.25) is 4.79 Å². The number of carbonyl (C=O) groups is 1. The Bertz CT molecular complexity index is 416. The molecule has 5 nitrogen and oxygen atoms in total. The molecule has 0 aliphatic rings. The van der Waals surface area contributed by atoms with E-state index in [1.807, 2.05) is 33.0 Å². The minimum Gasteiger partial charge on any atom is -0.382 e. The van der Waals surface area contributed by atoms with Crippen molar-refractivity contribution >= 4 is 28.2 Å². The second-order valence-corrected chi connectivity index (χ2v) is 5.64. The molecule has 0 spiro atoms. The van der Waals surface area contributed by atoms with Crippen molar-refractivity contribution in [1.29, 1.82) is 0 Å². The number of hydrogen-bond acceptors (Lipinski definition) is 5. The maximum atomic E-state index is 12.3. The predicted octanol–water partition coefficient (Wildman–Crippen LogP) is 2.05. The summed E-state index contributed by atoms with van der Waals surface area (Å²) in [7, 11) is 5.59. The van der Waals surface area contributed by atoms with Crippen molar-refractivity contribution in [3.05, 3.63) is 4.88 Å². The van der Waals surface area contributed by atoms with Crippen LogP contribution in [0.2, 0.25) is 0 Å². The Hall–Kier alpha value is -1.30. The Morgan fingerprint density at radius 1 is 1.44 bits per heavy atom. The van der Waals surface area contributed by atoms with Crippen LogP contribution in [0.25, 0.3) is 0 Å². The molecule has 0 fully saturated rings. The van der Waals surface area contributed by atoms with Crippen LogP contribution in [0.15, 0.2) is 0 Å². The van der Waals surface area contributed by atoms with Crippen LogP contribution in [0.3, 0.4) is 0 Å². The first-order valence-corrected chi connectivity index (χ1v) is 6.90. The highest BCUT2D eigenvalue weighted by Crippen LogP contribution is 2.28. The molecule has 0 bridgehead atoms. The fourth-order valence-corrected chi connectivity index (χ4v) is 2.53. The summed E-state index contributed by atoms with van der Waals surface area (Å²) in [6.07, 6.45) is 2.04. The summed E-state index contributed by atoms with van der Waals surface area (Å²) in [5, 5.41) is 0.757. The molecule has 0 aliphatic carbocycles. The smallest absolute Gasteiger partial charge is 0.267 e. The maximum Gasteiger partial charge on any atom is 0.267 e. The summed E-state index contributed by atoms with van der Waals surface area (Å²) in [5.74, 6) is 0.281. The predicted molar refractivity (Wildman–Crippen MR) is 77.3 cm³/mol. The third-order valence-corrected chi connectivity index (χ3v) is 4.13. The summed E-state index contributed by atoms with van der Waals surface area (Å²) >= 11 is 1.34. The Kier molecular flexibility index (Phi) is 4.95. The zero-order valence-electron chi connectivity index (χ0n) is 11.7. The molecule has 18 heavy (non-hydrogen) atoms. The summed E-state index contributed by atoms with van der Waals surface area (Å²) < 4.78 is 0. The van der Waals surface area contributed by atoms with Gasteiger partial charge < -0.3 is 15.5 Å². The SMILES string of the molecule is CCCC(C)N(C)C(=O)c1sc(N(C)C)nc1N. The van der Waals surface area contributed by atoms with Gasteiger partial charge in [0.2, 0.25) is 0 Å². The summed E-state index contributed by atoms with van der Waals surface area (Å²) in [4.78, 5) is 20.6. The lowest BCUT2D eigenvalue weighted by molar-refractivity contribution is 0.0742. The first-order chi connectivity index (χ1) is 8.38. The molecule has 1 aromatic rings. The lowest BCUT2D eigenvalue weighted by Gasteiger charge is -2.24. The summed E-state index contributed by atoms with van der Waals surface area (Å²) in [6.45, 7) is 4.16. The normalized spacial score (nSPS) is 12.3. The van der Waals surface area contributed by atoms with Crippen LogP contribution < -0.4 is 10.6 Å². The third-order valence-electron chi connectivity index (χ3n) is 2.91. The van der Waals surface area contributed by atoms with Crippen LogP contribution in [0, 0.1) is 0 Å². The molecule has 0 saturated heterocycles. The van der Waals surface area contributed by atoms with Crippen LogP contribution in [0.1, 0.15) is 36.4 Å². The van der Waals surface area contributed by atoms with E-state index in [1.54, 1.807) is 4.90 Å². The molecule has 0 saturated carbocycles. The van der Waals surface area contributed by atoms with Crippen LogP contribution in [0.5, 0.6) is 0 Å². The number of rotatable bonds is 5. The third kappa shape index (κ3) is 3.13. The van der Waals surface area contributed by atoms with E-state index in [0.29, 0.717) is 10.7 Å². The molecule has 1 heterocycles. The molecule has 1 rings (SSSR count). The largest absolute Gasteiger partial charge is 0.382 e. The van der Waals surface area contributed by atoms with Gasteiger partial charge in [-0.05, 0) is 13.3 Å². The average molecular weight is 270 g/mol. The minimum absolute atomic E-state index is 0.0425. The number of aromatic nitrogens is 1. The van der Waals surface area contributed by atoms with E-state index in [0.717, 1.165) is 18.0 Å². The molecule has 2 N–H and O–H groups in total. The molecule has 0 aliphatic heterocycles. The summed E-state index contributed by atoms with van der Waals surface area (Å²) in [5.41, 5.74) is 5.82. The zero-order chi connectivity index (χ0) is 13.9. The number of carbonyl (C=O) groups excluding carboxylic acids is 1. The van der Waals surface area contributed by atoms with Gasteiger partial charge in [-0.1, -0.05) is 24.7 Å². The Morgan fingerprint density at radius 3 is 2.50 bits per heavy atom. The second-order valence-electron chi connectivity index (χ2n) is 4.66. The van der Waals surface area contributed by atoms with Crippen molar-refractivity contribution in [3.63, 3.8) is 0 Å². The van der Waals surface area contributed by atoms with Crippen LogP contribution in [0.4, 0.5) is 10.9 Å². The van der Waals surface area contributed by atoms with Crippen LogP contribution in [-0.4, -0.2) is 43.0 Å². The number of amides is 1. The molecule has 1 aromatic heterocycles. The van der Waals surface area contributed by atoms with Gasteiger partial charge >= 0.3 is 0 Å². The molecule has 0 radical (unpaired) electrons. The number of hydrogen-bond donors (Lipinski definition) is 1.